The largest absolute Gasteiger partial charge is 0.476 e. The number of aliphatic carboxylic acids is 1. The molecule has 190 valence electrons. The van der Waals surface area contributed by atoms with E-state index in [4.69, 9.17) is 9.84 Å². The van der Waals surface area contributed by atoms with Gasteiger partial charge in [0.2, 0.25) is 21.8 Å². The SMILES string of the molecule is CSc1cc2c(cc1O/C=C(\F)C(=O)O)S(=O)(=O)N(C)C(CCC(C)(F)F)CN2c1ccccc1. The summed E-state index contributed by atoms with van der Waals surface area (Å²) < 4.78 is 74.3. The predicted octanol–water partition coefficient (Wildman–Crippen LogP) is 5.26. The van der Waals surface area contributed by atoms with Gasteiger partial charge >= 0.3 is 5.97 Å². The Morgan fingerprint density at radius 1 is 1.29 bits per heavy atom. The van der Waals surface area contributed by atoms with E-state index in [-0.39, 0.29) is 23.6 Å². The maximum atomic E-state index is 13.7. The van der Waals surface area contributed by atoms with E-state index in [0.29, 0.717) is 22.5 Å². The number of carboxylic acid groups (broad SMARTS) is 1. The number of anilines is 2. The van der Waals surface area contributed by atoms with Crippen molar-refractivity contribution in [2.24, 2.45) is 0 Å². The van der Waals surface area contributed by atoms with Crippen LogP contribution < -0.4 is 9.64 Å². The first kappa shape index (κ1) is 26.9. The van der Waals surface area contributed by atoms with Crippen molar-refractivity contribution in [1.29, 1.82) is 0 Å². The summed E-state index contributed by atoms with van der Waals surface area (Å²) in [7, 11) is -2.86. The number of hydrogen-bond donors (Lipinski definition) is 1. The molecule has 1 aliphatic heterocycles. The first-order valence-corrected chi connectivity index (χ1v) is 13.2. The molecule has 2 aromatic carbocycles. The van der Waals surface area contributed by atoms with Crippen LogP contribution in [0.5, 0.6) is 5.75 Å². The fraction of sp³-hybridized carbons (Fsp3) is 0.348. The molecule has 1 heterocycles. The molecule has 1 N–H and O–H groups in total. The van der Waals surface area contributed by atoms with E-state index < -0.39 is 40.2 Å². The monoisotopic (exact) mass is 530 g/mol. The van der Waals surface area contributed by atoms with Crippen molar-refractivity contribution in [2.45, 2.75) is 41.5 Å². The quantitative estimate of drug-likeness (QED) is 0.283. The Hall–Kier alpha value is -2.70. The standard InChI is InChI=1S/C23H25F3N2O5S2/c1-23(25,26)10-9-16-13-28(15-7-5-4-6-8-15)18-11-20(34-3)19(33-14-17(24)22(29)30)12-21(18)35(31,32)27(16)2/h4-8,11-12,14,16H,9-10,13H2,1-3H3,(H,29,30)/b17-14-. The van der Waals surface area contributed by atoms with Crippen LogP contribution in [0, 0.1) is 0 Å². The van der Waals surface area contributed by atoms with Gasteiger partial charge in [-0.2, -0.15) is 8.70 Å². The molecule has 0 fully saturated rings. The molecule has 0 bridgehead atoms. The fourth-order valence-corrected chi connectivity index (χ4v) is 5.79. The lowest BCUT2D eigenvalue weighted by atomic mass is 10.1. The van der Waals surface area contributed by atoms with Gasteiger partial charge in [-0.1, -0.05) is 18.2 Å². The molecular weight excluding hydrogens is 505 g/mol. The Morgan fingerprint density at radius 3 is 2.51 bits per heavy atom. The number of rotatable bonds is 8. The van der Waals surface area contributed by atoms with Crippen molar-refractivity contribution in [2.75, 3.05) is 24.7 Å². The molecule has 0 saturated carbocycles. The van der Waals surface area contributed by atoms with Gasteiger partial charge in [-0.25, -0.2) is 22.0 Å². The highest BCUT2D eigenvalue weighted by atomic mass is 32.2. The van der Waals surface area contributed by atoms with E-state index in [2.05, 4.69) is 0 Å². The summed E-state index contributed by atoms with van der Waals surface area (Å²) in [6.45, 7) is 0.907. The normalized spacial score (nSPS) is 18.6. The molecule has 0 amide bonds. The summed E-state index contributed by atoms with van der Waals surface area (Å²) in [6.07, 6.45) is 1.50. The summed E-state index contributed by atoms with van der Waals surface area (Å²) in [4.78, 5) is 12.8. The van der Waals surface area contributed by atoms with Crippen molar-refractivity contribution >= 4 is 39.1 Å². The van der Waals surface area contributed by atoms with Gasteiger partial charge in [0.25, 0.3) is 0 Å². The van der Waals surface area contributed by atoms with Crippen LogP contribution in [0.15, 0.2) is 64.3 Å². The van der Waals surface area contributed by atoms with E-state index in [1.807, 2.05) is 0 Å². The second-order valence-electron chi connectivity index (χ2n) is 8.09. The second kappa shape index (κ2) is 10.5. The molecule has 7 nitrogen and oxygen atoms in total. The highest BCUT2D eigenvalue weighted by Crippen LogP contribution is 2.43. The predicted molar refractivity (Wildman–Crippen MR) is 128 cm³/mol. The highest BCUT2D eigenvalue weighted by molar-refractivity contribution is 7.98. The number of carbonyl (C=O) groups is 1. The van der Waals surface area contributed by atoms with Gasteiger partial charge in [0.15, 0.2) is 0 Å². The Balaban J connectivity index is 2.19. The molecule has 12 heteroatoms. The number of nitrogens with zero attached hydrogens (tertiary/aromatic N) is 2. The van der Waals surface area contributed by atoms with Crippen LogP contribution in [0.2, 0.25) is 0 Å². The minimum absolute atomic E-state index is 0.0591. The van der Waals surface area contributed by atoms with E-state index in [9.17, 15) is 26.4 Å². The molecule has 2 aromatic rings. The highest BCUT2D eigenvalue weighted by Gasteiger charge is 2.39. The lowest BCUT2D eigenvalue weighted by Gasteiger charge is -2.30. The Bertz CT molecular complexity index is 1220. The molecule has 0 aliphatic carbocycles. The Kier molecular flexibility index (Phi) is 8.07. The van der Waals surface area contributed by atoms with Crippen molar-refractivity contribution in [3.63, 3.8) is 0 Å². The third-order valence-electron chi connectivity index (χ3n) is 5.58. The number of carboxylic acids is 1. The van der Waals surface area contributed by atoms with Gasteiger partial charge in [0.1, 0.15) is 16.9 Å². The molecule has 0 radical (unpaired) electrons. The second-order valence-corrected chi connectivity index (χ2v) is 10.9. The first-order valence-electron chi connectivity index (χ1n) is 10.5. The van der Waals surface area contributed by atoms with E-state index in [1.54, 1.807) is 47.6 Å². The molecule has 1 unspecified atom stereocenters. The maximum absolute atomic E-state index is 13.7. The van der Waals surface area contributed by atoms with Crippen LogP contribution in [-0.4, -0.2) is 55.6 Å². The zero-order chi connectivity index (χ0) is 26.0. The van der Waals surface area contributed by atoms with Gasteiger partial charge in [-0.05, 0) is 37.8 Å². The van der Waals surface area contributed by atoms with Crippen LogP contribution in [0.3, 0.4) is 0 Å². The van der Waals surface area contributed by atoms with Gasteiger partial charge in [0, 0.05) is 37.8 Å². The topological polar surface area (TPSA) is 87.1 Å². The van der Waals surface area contributed by atoms with Crippen LogP contribution in [0.4, 0.5) is 24.5 Å². The molecule has 1 atom stereocenters. The Labute approximate surface area is 206 Å². The summed E-state index contributed by atoms with van der Waals surface area (Å²) in [5.74, 6) is -6.41. The number of sulfonamides is 1. The molecule has 0 saturated heterocycles. The molecule has 0 aromatic heterocycles. The van der Waals surface area contributed by atoms with Crippen molar-refractivity contribution < 1.29 is 36.2 Å². The minimum Gasteiger partial charge on any atom is -0.476 e. The molecule has 1 aliphatic rings. The van der Waals surface area contributed by atoms with Gasteiger partial charge in [0.05, 0.1) is 10.6 Å². The molecule has 3 rings (SSSR count). The number of halogens is 3. The number of benzene rings is 2. The number of fused-ring (bicyclic) bond motifs is 1. The van der Waals surface area contributed by atoms with E-state index in [1.165, 1.54) is 24.9 Å². The minimum atomic E-state index is -4.19. The van der Waals surface area contributed by atoms with Gasteiger partial charge in [-0.15, -0.1) is 11.8 Å². The number of ether oxygens (including phenoxy) is 1. The fourth-order valence-electron chi connectivity index (χ4n) is 3.69. The summed E-state index contributed by atoms with van der Waals surface area (Å²) in [5, 5.41) is 8.74. The number of para-hydroxylation sites is 1. The van der Waals surface area contributed by atoms with Crippen molar-refractivity contribution in [3.8, 4) is 5.75 Å². The molecule has 0 spiro atoms. The van der Waals surface area contributed by atoms with E-state index in [0.717, 1.165) is 11.2 Å². The number of hydrogen-bond acceptors (Lipinski definition) is 6. The molecular formula is C23H25F3N2O5S2. The van der Waals surface area contributed by atoms with Crippen molar-refractivity contribution in [1.82, 2.24) is 4.31 Å². The van der Waals surface area contributed by atoms with Gasteiger partial charge < -0.3 is 14.7 Å². The number of alkyl halides is 2. The summed E-state index contributed by atoms with van der Waals surface area (Å²) in [6, 6.07) is 10.9. The van der Waals surface area contributed by atoms with Crippen LogP contribution in [0.25, 0.3) is 0 Å². The summed E-state index contributed by atoms with van der Waals surface area (Å²) >= 11 is 1.19. The Morgan fingerprint density at radius 2 is 1.94 bits per heavy atom. The average Bonchev–Trinajstić information content (AvgIpc) is 2.88. The lowest BCUT2D eigenvalue weighted by Crippen LogP contribution is -2.41. The van der Waals surface area contributed by atoms with Crippen LogP contribution in [-0.2, 0) is 14.8 Å². The lowest BCUT2D eigenvalue weighted by molar-refractivity contribution is -0.134. The zero-order valence-corrected chi connectivity index (χ0v) is 20.9. The first-order chi connectivity index (χ1) is 16.3. The number of likely N-dealkylation sites (N-methyl/N-ethyl adjacent to an activating group) is 1. The molecule has 35 heavy (non-hydrogen) atoms. The average molecular weight is 531 g/mol. The van der Waals surface area contributed by atoms with E-state index >= 15 is 0 Å². The van der Waals surface area contributed by atoms with Crippen LogP contribution >= 0.6 is 11.8 Å². The van der Waals surface area contributed by atoms with Gasteiger partial charge in [-0.3, -0.25) is 0 Å². The van der Waals surface area contributed by atoms with Crippen LogP contribution in [0.1, 0.15) is 19.8 Å². The van der Waals surface area contributed by atoms with Crippen molar-refractivity contribution in [3.05, 3.63) is 54.6 Å². The third-order valence-corrected chi connectivity index (χ3v) is 8.28. The maximum Gasteiger partial charge on any atom is 0.368 e. The zero-order valence-electron chi connectivity index (χ0n) is 19.2. The smallest absolute Gasteiger partial charge is 0.368 e. The third kappa shape index (κ3) is 6.11. The summed E-state index contributed by atoms with van der Waals surface area (Å²) in [5.41, 5.74) is 0.957. The number of thioether (sulfide) groups is 1.